The summed E-state index contributed by atoms with van der Waals surface area (Å²) in [5.74, 6) is -0.700. The average Bonchev–Trinajstić information content (AvgIpc) is 3.26. The summed E-state index contributed by atoms with van der Waals surface area (Å²) in [6, 6.07) is 5.19. The number of aromatic nitrogens is 4. The maximum Gasteiger partial charge on any atom is 0.434 e. The standard InChI is InChI=1S/C19H16ClF3N6O2/c20-13-5-11(15-7-24-3-4-31-15)1-2-14(13)27-18(30)12-6-26-29(10-12)17-9-25-8-16(28-17)19(21,22)23/h1-2,5-6,8-10,15,24H,3-4,7H2,(H,27,30). The molecule has 1 amide bonds. The van der Waals surface area contributed by atoms with Gasteiger partial charge in [0.1, 0.15) is 0 Å². The molecule has 1 unspecified atom stereocenters. The second-order valence-electron chi connectivity index (χ2n) is 6.69. The number of hydrogen-bond donors (Lipinski definition) is 2. The van der Waals surface area contributed by atoms with Crippen molar-refractivity contribution < 1.29 is 22.7 Å². The molecule has 1 aliphatic heterocycles. The zero-order valence-electron chi connectivity index (χ0n) is 15.9. The number of benzene rings is 1. The first-order chi connectivity index (χ1) is 14.8. The van der Waals surface area contributed by atoms with E-state index in [1.807, 2.05) is 0 Å². The van der Waals surface area contributed by atoms with E-state index in [1.54, 1.807) is 18.2 Å². The highest BCUT2D eigenvalue weighted by Gasteiger charge is 2.33. The summed E-state index contributed by atoms with van der Waals surface area (Å²) in [7, 11) is 0. The van der Waals surface area contributed by atoms with E-state index in [2.05, 4.69) is 25.7 Å². The average molecular weight is 453 g/mol. The monoisotopic (exact) mass is 452 g/mol. The molecule has 0 saturated carbocycles. The highest BCUT2D eigenvalue weighted by atomic mass is 35.5. The number of rotatable bonds is 4. The highest BCUT2D eigenvalue weighted by Crippen LogP contribution is 2.29. The molecule has 1 fully saturated rings. The third-order valence-electron chi connectivity index (χ3n) is 4.53. The van der Waals surface area contributed by atoms with Gasteiger partial charge in [0.25, 0.3) is 5.91 Å². The molecule has 0 spiro atoms. The van der Waals surface area contributed by atoms with Gasteiger partial charge in [0.05, 0.1) is 47.6 Å². The molecule has 3 aromatic rings. The molecule has 8 nitrogen and oxygen atoms in total. The van der Waals surface area contributed by atoms with Gasteiger partial charge in [-0.05, 0) is 17.7 Å². The van der Waals surface area contributed by atoms with Crippen molar-refractivity contribution in [2.24, 2.45) is 0 Å². The van der Waals surface area contributed by atoms with Gasteiger partial charge in [-0.15, -0.1) is 0 Å². The number of ether oxygens (including phenoxy) is 1. The van der Waals surface area contributed by atoms with Crippen LogP contribution in [0.3, 0.4) is 0 Å². The molecule has 1 aromatic carbocycles. The first-order valence-corrected chi connectivity index (χ1v) is 9.56. The number of morpholine rings is 1. The highest BCUT2D eigenvalue weighted by molar-refractivity contribution is 6.34. The van der Waals surface area contributed by atoms with E-state index >= 15 is 0 Å². The Hall–Kier alpha value is -3.02. The molecular weight excluding hydrogens is 437 g/mol. The normalized spacial score (nSPS) is 16.8. The van der Waals surface area contributed by atoms with Gasteiger partial charge in [0.2, 0.25) is 0 Å². The van der Waals surface area contributed by atoms with E-state index in [4.69, 9.17) is 16.3 Å². The van der Waals surface area contributed by atoms with Gasteiger partial charge in [0, 0.05) is 19.3 Å². The summed E-state index contributed by atoms with van der Waals surface area (Å²) in [5, 5.41) is 10.1. The Kier molecular flexibility index (Phi) is 5.90. The van der Waals surface area contributed by atoms with E-state index in [9.17, 15) is 18.0 Å². The van der Waals surface area contributed by atoms with E-state index < -0.39 is 17.8 Å². The second kappa shape index (κ2) is 8.61. The van der Waals surface area contributed by atoms with Gasteiger partial charge in [-0.1, -0.05) is 17.7 Å². The third-order valence-corrected chi connectivity index (χ3v) is 4.85. The summed E-state index contributed by atoms with van der Waals surface area (Å²) in [6.07, 6.45) is -0.576. The number of anilines is 1. The molecule has 162 valence electrons. The fraction of sp³-hybridized carbons (Fsp3) is 0.263. The van der Waals surface area contributed by atoms with E-state index in [0.29, 0.717) is 30.1 Å². The van der Waals surface area contributed by atoms with Crippen molar-refractivity contribution in [2.45, 2.75) is 12.3 Å². The van der Waals surface area contributed by atoms with E-state index in [1.165, 1.54) is 12.4 Å². The Balaban J connectivity index is 1.48. The Labute approximate surface area is 179 Å². The number of carbonyl (C=O) groups excluding carboxylic acids is 1. The van der Waals surface area contributed by atoms with Crippen LogP contribution in [0.25, 0.3) is 5.82 Å². The minimum absolute atomic E-state index is 0.110. The molecule has 0 radical (unpaired) electrons. The second-order valence-corrected chi connectivity index (χ2v) is 7.10. The number of carbonyl (C=O) groups is 1. The van der Waals surface area contributed by atoms with Crippen LogP contribution < -0.4 is 10.6 Å². The number of halogens is 4. The topological polar surface area (TPSA) is 94.0 Å². The Morgan fingerprint density at radius 1 is 1.29 bits per heavy atom. The molecule has 2 aromatic heterocycles. The molecule has 4 rings (SSSR count). The molecule has 31 heavy (non-hydrogen) atoms. The minimum Gasteiger partial charge on any atom is -0.371 e. The lowest BCUT2D eigenvalue weighted by molar-refractivity contribution is -0.141. The molecule has 0 bridgehead atoms. The number of hydrogen-bond acceptors (Lipinski definition) is 6. The van der Waals surface area contributed by atoms with Gasteiger partial charge in [-0.2, -0.15) is 18.3 Å². The SMILES string of the molecule is O=C(Nc1ccc(C2CNCCO2)cc1Cl)c1cnn(-c2cncc(C(F)(F)F)n2)c1. The predicted molar refractivity (Wildman–Crippen MR) is 105 cm³/mol. The summed E-state index contributed by atoms with van der Waals surface area (Å²) < 4.78 is 45.2. The molecule has 3 heterocycles. The van der Waals surface area contributed by atoms with Crippen LogP contribution in [0.15, 0.2) is 43.0 Å². The van der Waals surface area contributed by atoms with Crippen molar-refractivity contribution in [2.75, 3.05) is 25.0 Å². The molecular formula is C19H16ClF3N6O2. The fourth-order valence-corrected chi connectivity index (χ4v) is 3.21. The van der Waals surface area contributed by atoms with E-state index in [0.717, 1.165) is 23.0 Å². The largest absolute Gasteiger partial charge is 0.434 e. The Bertz CT molecular complexity index is 1100. The van der Waals surface area contributed by atoms with Crippen LogP contribution in [-0.4, -0.2) is 45.4 Å². The van der Waals surface area contributed by atoms with Crippen molar-refractivity contribution in [1.29, 1.82) is 0 Å². The Morgan fingerprint density at radius 3 is 2.84 bits per heavy atom. The van der Waals surface area contributed by atoms with Crippen molar-refractivity contribution in [3.63, 3.8) is 0 Å². The smallest absolute Gasteiger partial charge is 0.371 e. The Morgan fingerprint density at radius 2 is 2.13 bits per heavy atom. The fourth-order valence-electron chi connectivity index (χ4n) is 2.97. The van der Waals surface area contributed by atoms with Gasteiger partial charge >= 0.3 is 6.18 Å². The van der Waals surface area contributed by atoms with Gasteiger partial charge in [-0.25, -0.2) is 9.67 Å². The quantitative estimate of drug-likeness (QED) is 0.631. The third kappa shape index (κ3) is 4.84. The van der Waals surface area contributed by atoms with Crippen LogP contribution in [-0.2, 0) is 10.9 Å². The predicted octanol–water partition coefficient (Wildman–Crippen LogP) is 3.25. The van der Waals surface area contributed by atoms with Crippen molar-refractivity contribution in [3.05, 3.63) is 64.8 Å². The number of alkyl halides is 3. The number of nitrogens with one attached hydrogen (secondary N) is 2. The lowest BCUT2D eigenvalue weighted by Crippen LogP contribution is -2.33. The van der Waals surface area contributed by atoms with Crippen LogP contribution in [0.5, 0.6) is 0 Å². The van der Waals surface area contributed by atoms with Crippen LogP contribution in [0.2, 0.25) is 5.02 Å². The zero-order valence-corrected chi connectivity index (χ0v) is 16.6. The van der Waals surface area contributed by atoms with Crippen LogP contribution in [0.4, 0.5) is 18.9 Å². The summed E-state index contributed by atoms with van der Waals surface area (Å²) in [6.45, 7) is 2.05. The molecule has 2 N–H and O–H groups in total. The van der Waals surface area contributed by atoms with Crippen molar-refractivity contribution in [3.8, 4) is 5.82 Å². The first-order valence-electron chi connectivity index (χ1n) is 9.18. The molecule has 12 heteroatoms. The van der Waals surface area contributed by atoms with Crippen LogP contribution in [0.1, 0.15) is 27.7 Å². The maximum atomic E-state index is 12.8. The summed E-state index contributed by atoms with van der Waals surface area (Å²) >= 11 is 6.31. The lowest BCUT2D eigenvalue weighted by atomic mass is 10.1. The first kappa shape index (κ1) is 21.2. The maximum absolute atomic E-state index is 12.8. The number of amides is 1. The van der Waals surface area contributed by atoms with Crippen LogP contribution in [0, 0.1) is 0 Å². The van der Waals surface area contributed by atoms with Gasteiger partial charge in [-0.3, -0.25) is 9.78 Å². The number of nitrogens with zero attached hydrogens (tertiary/aromatic N) is 4. The van der Waals surface area contributed by atoms with Gasteiger partial charge in [0.15, 0.2) is 11.5 Å². The lowest BCUT2D eigenvalue weighted by Gasteiger charge is -2.24. The van der Waals surface area contributed by atoms with Crippen LogP contribution >= 0.6 is 11.6 Å². The molecule has 1 atom stereocenters. The van der Waals surface area contributed by atoms with E-state index in [-0.39, 0.29) is 17.5 Å². The molecule has 1 aliphatic rings. The summed E-state index contributed by atoms with van der Waals surface area (Å²) in [5.41, 5.74) is 0.214. The minimum atomic E-state index is -4.64. The zero-order chi connectivity index (χ0) is 22.0. The van der Waals surface area contributed by atoms with Gasteiger partial charge < -0.3 is 15.4 Å². The molecule has 1 saturated heterocycles. The van der Waals surface area contributed by atoms with Crippen molar-refractivity contribution >= 4 is 23.2 Å². The summed E-state index contributed by atoms with van der Waals surface area (Å²) in [4.78, 5) is 19.6. The molecule has 0 aliphatic carbocycles. The van der Waals surface area contributed by atoms with Crippen molar-refractivity contribution in [1.82, 2.24) is 25.1 Å².